The number of fused-ring (bicyclic) bond motifs is 6. The molecule has 18 N–H and O–H groups in total. The van der Waals surface area contributed by atoms with Gasteiger partial charge in [0.15, 0.2) is 22.7 Å². The molecule has 0 bridgehead atoms. The average molecular weight is 1430 g/mol. The molecule has 5 amide bonds. The van der Waals surface area contributed by atoms with Crippen molar-refractivity contribution in [3.05, 3.63) is 109 Å². The third-order valence-corrected chi connectivity index (χ3v) is 18.1. The maximum absolute atomic E-state index is 13.9. The van der Waals surface area contributed by atoms with Crippen LogP contribution < -0.4 is 64.5 Å². The zero-order valence-corrected chi connectivity index (χ0v) is 54.8. The summed E-state index contributed by atoms with van der Waals surface area (Å²) in [5.74, 6) is -13.9. The molecule has 0 saturated carbocycles. The van der Waals surface area contributed by atoms with Crippen LogP contribution in [0.1, 0.15) is 97.1 Å². The van der Waals surface area contributed by atoms with Crippen molar-refractivity contribution in [2.45, 2.75) is 121 Å². The molecule has 0 radical (unpaired) electrons. The van der Waals surface area contributed by atoms with Gasteiger partial charge < -0.3 is 93.0 Å². The molecule has 6 aromatic rings. The third-order valence-electron chi connectivity index (χ3n) is 15.7. The van der Waals surface area contributed by atoms with E-state index in [2.05, 4.69) is 57.2 Å². The Hall–Kier alpha value is -11.5. The van der Waals surface area contributed by atoms with Gasteiger partial charge in [-0.05, 0) is 86.2 Å². The second-order valence-corrected chi connectivity index (χ2v) is 25.1. The lowest BCUT2D eigenvalue weighted by Crippen LogP contribution is -2.58. The number of nitrogens with zero attached hydrogens (tertiary/aromatic N) is 5. The van der Waals surface area contributed by atoms with E-state index in [1.807, 2.05) is 6.92 Å². The van der Waals surface area contributed by atoms with Gasteiger partial charge in [0.05, 0.1) is 60.3 Å². The number of carbonyl (C=O) groups excluding carboxylic acids is 7. The Morgan fingerprint density at radius 3 is 2.13 bits per heavy atom. The Morgan fingerprint density at radius 2 is 1.47 bits per heavy atom. The van der Waals surface area contributed by atoms with Gasteiger partial charge in [-0.25, -0.2) is 34.1 Å². The van der Waals surface area contributed by atoms with Gasteiger partial charge in [0.25, 0.3) is 17.0 Å². The van der Waals surface area contributed by atoms with Crippen molar-refractivity contribution in [3.63, 3.8) is 0 Å². The zero-order valence-electron chi connectivity index (χ0n) is 53.2. The van der Waals surface area contributed by atoms with Gasteiger partial charge in [0.2, 0.25) is 29.6 Å². The number of aliphatic carboxylic acids is 4. The highest BCUT2D eigenvalue weighted by Gasteiger charge is 2.46. The van der Waals surface area contributed by atoms with Gasteiger partial charge in [-0.15, -0.1) is 0 Å². The normalized spacial score (nSPS) is 15.0. The van der Waals surface area contributed by atoms with Crippen molar-refractivity contribution < 1.29 is 92.5 Å². The molecule has 0 spiro atoms. The van der Waals surface area contributed by atoms with Gasteiger partial charge >= 0.3 is 36.0 Å². The first-order chi connectivity index (χ1) is 47.6. The van der Waals surface area contributed by atoms with Crippen LogP contribution in [0.25, 0.3) is 33.5 Å². The second kappa shape index (κ2) is 33.2. The lowest BCUT2D eigenvalue weighted by molar-refractivity contribution is -0.172. The molecule has 0 saturated heterocycles. The standard InChI is InChI=1S/C61H68N16O21S2/c1-3-31-32-18-30(11-12-36(32)70-46-33(31)24-77-42(46)19-35-34(54(77)88)25-97-57(93)61(35,95)4-2)98-60(94)96-16-17-99-100-26-41(56(91)92)74-52(86)40(21-45(81)82)73-50(84)37(6-5-15-65-58(62)63)71-51(85)39(20-44(79)80)69-43(78)14-13-38(55(89)90)72-49(83)27-7-9-28(10-8-27)66-22-29-23-67-48-47(68-29)53(87)76-59(64)75-48/h7-12,18-19,23,37-41,66,95H,3-6,13-17,20-22,24-26H2,1-2H3,(H,69,78)(H,71,85)(H,72,83)(H,73,84)(H,74,86)(H,79,80)(H,81,82)(H,89,90)(H,91,92)(H4,62,63,65)(H3,64,67,75,76,87)/t37-,38-,39-,40-,41+,61-/m0/s1. The third kappa shape index (κ3) is 18.6. The number of cyclic esters (lactones) is 1. The van der Waals surface area contributed by atoms with E-state index >= 15 is 0 Å². The molecule has 4 aromatic heterocycles. The Labute approximate surface area is 572 Å². The molecule has 39 heteroatoms. The molecule has 37 nitrogen and oxygen atoms in total. The first kappa shape index (κ1) is 74.3. The van der Waals surface area contributed by atoms with Gasteiger partial charge in [-0.2, -0.15) is 4.98 Å². The Kier molecular flexibility index (Phi) is 24.7. The second-order valence-electron chi connectivity index (χ2n) is 22.5. The topological polar surface area (TPSA) is 583 Å². The van der Waals surface area contributed by atoms with Crippen molar-refractivity contribution in [1.82, 2.24) is 61.4 Å². The Balaban J connectivity index is 0.812. The number of nitrogen functional groups attached to an aromatic ring is 1. The number of rotatable bonds is 34. The van der Waals surface area contributed by atoms with Crippen LogP contribution in [0.4, 0.5) is 16.4 Å². The number of carboxylic acid groups (broad SMARTS) is 4. The highest BCUT2D eigenvalue weighted by molar-refractivity contribution is 8.76. The van der Waals surface area contributed by atoms with Gasteiger partial charge in [0.1, 0.15) is 49.2 Å². The lowest BCUT2D eigenvalue weighted by atomic mass is 9.86. The maximum Gasteiger partial charge on any atom is 0.513 e. The fourth-order valence-corrected chi connectivity index (χ4v) is 12.6. The monoisotopic (exact) mass is 1420 g/mol. The number of carbonyl (C=O) groups is 11. The van der Waals surface area contributed by atoms with Crippen molar-refractivity contribution in [2.75, 3.05) is 35.7 Å². The van der Waals surface area contributed by atoms with E-state index < -0.39 is 144 Å². The van der Waals surface area contributed by atoms with E-state index in [0.29, 0.717) is 40.1 Å². The average Bonchev–Trinajstić information content (AvgIpc) is 1.52. The summed E-state index contributed by atoms with van der Waals surface area (Å²) in [5, 5.41) is 75.4. The summed E-state index contributed by atoms with van der Waals surface area (Å²) in [6.45, 7) is 3.11. The molecule has 6 heterocycles. The van der Waals surface area contributed by atoms with Crippen LogP contribution in [-0.4, -0.2) is 181 Å². The summed E-state index contributed by atoms with van der Waals surface area (Å²) < 4.78 is 17.4. The summed E-state index contributed by atoms with van der Waals surface area (Å²) in [6, 6.07) is 2.89. The number of nitrogens with two attached hydrogens (primary N) is 2. The van der Waals surface area contributed by atoms with Crippen LogP contribution in [-0.2, 0) is 84.3 Å². The number of hydrogen-bond donors (Lipinski definition) is 16. The number of aromatic nitrogens is 6. The summed E-state index contributed by atoms with van der Waals surface area (Å²) in [5.41, 5.74) is 12.0. The number of esters is 1. The van der Waals surface area contributed by atoms with Crippen LogP contribution in [0, 0.1) is 5.41 Å². The van der Waals surface area contributed by atoms with Crippen LogP contribution in [0.3, 0.4) is 0 Å². The van der Waals surface area contributed by atoms with Crippen LogP contribution in [0.15, 0.2) is 64.3 Å². The number of aliphatic hydroxyl groups is 1. The number of aromatic amines is 1. The van der Waals surface area contributed by atoms with E-state index in [4.69, 9.17) is 36.1 Å². The number of benzene rings is 2. The van der Waals surface area contributed by atoms with E-state index in [1.54, 1.807) is 25.1 Å². The minimum atomic E-state index is -2.01. The fraction of sp³-hybridized carbons (Fsp3) is 0.377. The minimum Gasteiger partial charge on any atom is -0.481 e. The predicted octanol–water partition coefficient (Wildman–Crippen LogP) is -0.341. The minimum absolute atomic E-state index is 0.000309. The lowest BCUT2D eigenvalue weighted by Gasteiger charge is -2.31. The largest absolute Gasteiger partial charge is 0.513 e. The highest BCUT2D eigenvalue weighted by atomic mass is 33.1. The van der Waals surface area contributed by atoms with Crippen molar-refractivity contribution in [3.8, 4) is 17.1 Å². The Morgan fingerprint density at radius 1 is 0.800 bits per heavy atom. The number of pyridine rings is 2. The SMILES string of the molecule is CCc1c2c(nc3ccc(OC(=O)OCCSSC[C@@H](NC(=O)[C@H](CC(=O)O)NC(=O)[C@H](CCCNC(=N)N)NC(=O)[C@H](CC(=O)O)NC(=O)CC[C@H](NC(=O)c4ccc(NCc5cnc6nc(N)[nH]c(=O)c6n5)cc4)C(=O)O)C(=O)O)cc13)-c1cc3c(c(=O)n1C2)COC(=O)[C@]3(O)CC. The van der Waals surface area contributed by atoms with Crippen LogP contribution in [0.5, 0.6) is 5.75 Å². The van der Waals surface area contributed by atoms with E-state index in [9.17, 15) is 87.9 Å². The Bertz CT molecular complexity index is 4370. The fourth-order valence-electron chi connectivity index (χ4n) is 10.7. The van der Waals surface area contributed by atoms with Crippen LogP contribution >= 0.6 is 21.6 Å². The maximum atomic E-state index is 13.9. The summed E-state index contributed by atoms with van der Waals surface area (Å²) in [4.78, 5) is 187. The van der Waals surface area contributed by atoms with E-state index in [1.165, 1.54) is 41.1 Å². The van der Waals surface area contributed by atoms with Crippen LogP contribution in [0.2, 0.25) is 0 Å². The zero-order chi connectivity index (χ0) is 72.7. The number of nitrogens with one attached hydrogen (secondary N) is 9. The summed E-state index contributed by atoms with van der Waals surface area (Å²) in [6.07, 6.45) is -3.21. The van der Waals surface area contributed by atoms with E-state index in [-0.39, 0.29) is 103 Å². The van der Waals surface area contributed by atoms with Crippen molar-refractivity contribution >= 4 is 127 Å². The van der Waals surface area contributed by atoms with Crippen molar-refractivity contribution in [1.29, 1.82) is 5.41 Å². The van der Waals surface area contributed by atoms with Gasteiger partial charge in [-0.1, -0.05) is 35.4 Å². The van der Waals surface area contributed by atoms with Gasteiger partial charge in [0, 0.05) is 52.2 Å². The smallest absolute Gasteiger partial charge is 0.481 e. The first-order valence-electron chi connectivity index (χ1n) is 30.6. The number of anilines is 2. The number of aryl methyl sites for hydroxylation is 1. The number of hydrogen-bond acceptors (Lipinski definition) is 26. The molecular weight excluding hydrogens is 1360 g/mol. The molecular formula is C61H68N16O21S2. The quantitative estimate of drug-likeness (QED) is 0.00613. The summed E-state index contributed by atoms with van der Waals surface area (Å²) >= 11 is 0. The number of amides is 5. The molecule has 2 aliphatic rings. The number of ether oxygens (including phenoxy) is 3. The molecule has 0 aliphatic carbocycles. The number of carboxylic acids is 4. The molecule has 2 aliphatic heterocycles. The molecule has 8 rings (SSSR count). The molecule has 0 fully saturated rings. The first-order valence-corrected chi connectivity index (χ1v) is 33.1. The summed E-state index contributed by atoms with van der Waals surface area (Å²) in [7, 11) is 1.93. The number of guanidine groups is 1. The van der Waals surface area contributed by atoms with E-state index in [0.717, 1.165) is 32.7 Å². The number of H-pyrrole nitrogens is 1. The molecule has 6 atom stereocenters. The molecule has 100 heavy (non-hydrogen) atoms. The molecule has 530 valence electrons. The van der Waals surface area contributed by atoms with Crippen molar-refractivity contribution in [2.24, 2.45) is 5.73 Å². The molecule has 2 aromatic carbocycles. The van der Waals surface area contributed by atoms with Gasteiger partial charge in [-0.3, -0.25) is 53.5 Å². The molecule has 0 unspecified atom stereocenters. The highest BCUT2D eigenvalue weighted by Crippen LogP contribution is 2.41. The predicted molar refractivity (Wildman–Crippen MR) is 354 cm³/mol.